The van der Waals surface area contributed by atoms with Gasteiger partial charge >= 0.3 is 0 Å². The van der Waals surface area contributed by atoms with Crippen molar-refractivity contribution in [2.75, 3.05) is 6.61 Å². The minimum atomic E-state index is -0.598. The third-order valence-corrected chi connectivity index (χ3v) is 2.36. The fraction of sp³-hybridized carbons (Fsp3) is 1.00. The summed E-state index contributed by atoms with van der Waals surface area (Å²) in [5, 5.41) is 8.83. The fourth-order valence-corrected chi connectivity index (χ4v) is 1.49. The van der Waals surface area contributed by atoms with E-state index in [1.807, 2.05) is 0 Å². The third-order valence-electron chi connectivity index (χ3n) is 2.36. The zero-order chi connectivity index (χ0) is 10.6. The molecule has 0 aliphatic heterocycles. The van der Waals surface area contributed by atoms with E-state index in [2.05, 4.69) is 6.92 Å². The highest BCUT2D eigenvalue weighted by molar-refractivity contribution is 4.45. The minimum Gasteiger partial charge on any atom is -0.368 e. The van der Waals surface area contributed by atoms with E-state index in [-0.39, 0.29) is 0 Å². The molecule has 0 aromatic heterocycles. The highest BCUT2D eigenvalue weighted by Crippen LogP contribution is 2.08. The van der Waals surface area contributed by atoms with Gasteiger partial charge in [0.2, 0.25) is 0 Å². The van der Waals surface area contributed by atoms with Crippen LogP contribution in [0.3, 0.4) is 0 Å². The molecule has 0 amide bonds. The van der Waals surface area contributed by atoms with Crippen molar-refractivity contribution in [2.45, 2.75) is 71.5 Å². The Balaban J connectivity index is 2.85. The van der Waals surface area contributed by atoms with Crippen LogP contribution in [0.4, 0.5) is 0 Å². The SMILES string of the molecule is CCCCCCCCCCOC(C)O. The normalized spacial score (nSPS) is 13.1. The largest absolute Gasteiger partial charge is 0.368 e. The van der Waals surface area contributed by atoms with Crippen molar-refractivity contribution in [3.05, 3.63) is 0 Å². The first kappa shape index (κ1) is 13.9. The fourth-order valence-electron chi connectivity index (χ4n) is 1.49. The molecule has 0 radical (unpaired) electrons. The third kappa shape index (κ3) is 11.9. The quantitative estimate of drug-likeness (QED) is 0.434. The van der Waals surface area contributed by atoms with Gasteiger partial charge in [0.25, 0.3) is 0 Å². The van der Waals surface area contributed by atoms with Crippen molar-refractivity contribution in [3.8, 4) is 0 Å². The lowest BCUT2D eigenvalue weighted by atomic mass is 10.1. The first-order valence-electron chi connectivity index (χ1n) is 6.07. The van der Waals surface area contributed by atoms with E-state index < -0.39 is 6.29 Å². The van der Waals surface area contributed by atoms with Crippen LogP contribution in [0.1, 0.15) is 65.2 Å². The molecular weight excluding hydrogens is 176 g/mol. The van der Waals surface area contributed by atoms with E-state index in [0.29, 0.717) is 6.61 Å². The van der Waals surface area contributed by atoms with Crippen molar-refractivity contribution in [2.24, 2.45) is 0 Å². The Morgan fingerprint density at radius 3 is 1.93 bits per heavy atom. The standard InChI is InChI=1S/C12H26O2/c1-3-4-5-6-7-8-9-10-11-14-12(2)13/h12-13H,3-11H2,1-2H3. The van der Waals surface area contributed by atoms with Crippen LogP contribution in [0.5, 0.6) is 0 Å². The lowest BCUT2D eigenvalue weighted by Crippen LogP contribution is -2.06. The molecule has 0 saturated carbocycles. The summed E-state index contributed by atoms with van der Waals surface area (Å²) in [5.74, 6) is 0. The average molecular weight is 202 g/mol. The summed E-state index contributed by atoms with van der Waals surface area (Å²) in [6.45, 7) is 4.60. The molecule has 2 heteroatoms. The van der Waals surface area contributed by atoms with Gasteiger partial charge in [-0.25, -0.2) is 0 Å². The summed E-state index contributed by atoms with van der Waals surface area (Å²) in [5.41, 5.74) is 0. The predicted molar refractivity (Wildman–Crippen MR) is 60.2 cm³/mol. The van der Waals surface area contributed by atoms with E-state index in [1.54, 1.807) is 6.92 Å². The maximum Gasteiger partial charge on any atom is 0.151 e. The molecule has 0 bridgehead atoms. The number of aliphatic hydroxyl groups is 1. The molecule has 0 rings (SSSR count). The number of ether oxygens (including phenoxy) is 1. The van der Waals surface area contributed by atoms with Crippen LogP contribution < -0.4 is 0 Å². The summed E-state index contributed by atoms with van der Waals surface area (Å²) in [4.78, 5) is 0. The van der Waals surface area contributed by atoms with E-state index in [4.69, 9.17) is 9.84 Å². The Morgan fingerprint density at radius 1 is 0.929 bits per heavy atom. The summed E-state index contributed by atoms with van der Waals surface area (Å²) < 4.78 is 5.04. The Hall–Kier alpha value is -0.0800. The smallest absolute Gasteiger partial charge is 0.151 e. The van der Waals surface area contributed by atoms with Gasteiger partial charge in [0, 0.05) is 6.61 Å². The number of aliphatic hydroxyl groups excluding tert-OH is 1. The van der Waals surface area contributed by atoms with Crippen molar-refractivity contribution in [3.63, 3.8) is 0 Å². The van der Waals surface area contributed by atoms with Crippen LogP contribution in [0.25, 0.3) is 0 Å². The molecule has 0 aromatic rings. The van der Waals surface area contributed by atoms with Crippen LogP contribution in [-0.2, 0) is 4.74 Å². The van der Waals surface area contributed by atoms with Crippen molar-refractivity contribution >= 4 is 0 Å². The molecule has 14 heavy (non-hydrogen) atoms. The van der Waals surface area contributed by atoms with Gasteiger partial charge in [-0.1, -0.05) is 51.9 Å². The molecule has 86 valence electrons. The Kier molecular flexibility index (Phi) is 10.9. The van der Waals surface area contributed by atoms with Crippen LogP contribution in [0, 0.1) is 0 Å². The lowest BCUT2D eigenvalue weighted by molar-refractivity contribution is -0.0859. The molecule has 0 saturated heterocycles. The zero-order valence-corrected chi connectivity index (χ0v) is 9.80. The van der Waals surface area contributed by atoms with E-state index >= 15 is 0 Å². The van der Waals surface area contributed by atoms with Gasteiger partial charge in [-0.15, -0.1) is 0 Å². The molecule has 0 aromatic carbocycles. The molecule has 1 atom stereocenters. The molecule has 0 aliphatic carbocycles. The van der Waals surface area contributed by atoms with Gasteiger partial charge in [0.1, 0.15) is 0 Å². The van der Waals surface area contributed by atoms with Gasteiger partial charge < -0.3 is 9.84 Å². The number of unbranched alkanes of at least 4 members (excludes halogenated alkanes) is 7. The van der Waals surface area contributed by atoms with E-state index in [0.717, 1.165) is 6.42 Å². The zero-order valence-electron chi connectivity index (χ0n) is 9.80. The first-order valence-corrected chi connectivity index (χ1v) is 6.07. The second-order valence-corrected chi connectivity index (χ2v) is 3.94. The topological polar surface area (TPSA) is 29.5 Å². The van der Waals surface area contributed by atoms with Gasteiger partial charge in [0.05, 0.1) is 0 Å². The number of hydrogen-bond donors (Lipinski definition) is 1. The number of rotatable bonds is 10. The van der Waals surface area contributed by atoms with Gasteiger partial charge in [-0.2, -0.15) is 0 Å². The maximum absolute atomic E-state index is 8.83. The summed E-state index contributed by atoms with van der Waals surface area (Å²) in [7, 11) is 0. The van der Waals surface area contributed by atoms with Crippen LogP contribution in [0.2, 0.25) is 0 Å². The van der Waals surface area contributed by atoms with Crippen LogP contribution in [-0.4, -0.2) is 18.0 Å². The maximum atomic E-state index is 8.83. The second kappa shape index (κ2) is 11.0. The van der Waals surface area contributed by atoms with Crippen molar-refractivity contribution in [1.82, 2.24) is 0 Å². The number of hydrogen-bond acceptors (Lipinski definition) is 2. The molecule has 0 fully saturated rings. The molecule has 0 spiro atoms. The molecule has 1 N–H and O–H groups in total. The predicted octanol–water partition coefficient (Wildman–Crippen LogP) is 3.48. The second-order valence-electron chi connectivity index (χ2n) is 3.94. The summed E-state index contributed by atoms with van der Waals surface area (Å²) >= 11 is 0. The van der Waals surface area contributed by atoms with Gasteiger partial charge in [0.15, 0.2) is 6.29 Å². The summed E-state index contributed by atoms with van der Waals surface area (Å²) in [6.07, 6.45) is 9.86. The Bertz CT molecular complexity index is 102. The van der Waals surface area contributed by atoms with E-state index in [9.17, 15) is 0 Å². The Labute approximate surface area is 88.7 Å². The average Bonchev–Trinajstić information content (AvgIpc) is 2.15. The minimum absolute atomic E-state index is 0.598. The molecule has 0 aliphatic rings. The Morgan fingerprint density at radius 2 is 1.43 bits per heavy atom. The molecule has 2 nitrogen and oxygen atoms in total. The summed E-state index contributed by atoms with van der Waals surface area (Å²) in [6, 6.07) is 0. The van der Waals surface area contributed by atoms with Crippen LogP contribution >= 0.6 is 0 Å². The lowest BCUT2D eigenvalue weighted by Gasteiger charge is -2.05. The van der Waals surface area contributed by atoms with Gasteiger partial charge in [-0.05, 0) is 13.3 Å². The van der Waals surface area contributed by atoms with Gasteiger partial charge in [-0.3, -0.25) is 0 Å². The molecular formula is C12H26O2. The van der Waals surface area contributed by atoms with Crippen molar-refractivity contribution in [1.29, 1.82) is 0 Å². The first-order chi connectivity index (χ1) is 6.77. The van der Waals surface area contributed by atoms with Crippen LogP contribution in [0.15, 0.2) is 0 Å². The molecule has 1 unspecified atom stereocenters. The van der Waals surface area contributed by atoms with E-state index in [1.165, 1.54) is 44.9 Å². The van der Waals surface area contributed by atoms with Crippen molar-refractivity contribution < 1.29 is 9.84 Å². The highest BCUT2D eigenvalue weighted by atomic mass is 16.6. The molecule has 0 heterocycles. The monoisotopic (exact) mass is 202 g/mol. The highest BCUT2D eigenvalue weighted by Gasteiger charge is 1.94.